The van der Waals surface area contributed by atoms with Gasteiger partial charge in [-0.15, -0.1) is 11.6 Å². The molecule has 1 fully saturated rings. The van der Waals surface area contributed by atoms with Crippen LogP contribution < -0.4 is 0 Å². The first-order valence-corrected chi connectivity index (χ1v) is 9.02. The summed E-state index contributed by atoms with van der Waals surface area (Å²) in [5.41, 5.74) is 4.51. The summed E-state index contributed by atoms with van der Waals surface area (Å²) in [4.78, 5) is 0. The van der Waals surface area contributed by atoms with Gasteiger partial charge in [-0.1, -0.05) is 56.7 Å². The molecular formula is C19H27Cl. The van der Waals surface area contributed by atoms with E-state index in [0.717, 1.165) is 5.92 Å². The molecule has 1 aromatic carbocycles. The topological polar surface area (TPSA) is 0 Å². The van der Waals surface area contributed by atoms with Crippen LogP contribution in [-0.2, 0) is 12.8 Å². The molecule has 0 bridgehead atoms. The van der Waals surface area contributed by atoms with Crippen LogP contribution in [0.3, 0.4) is 0 Å². The molecule has 2 aliphatic carbocycles. The molecule has 0 heterocycles. The summed E-state index contributed by atoms with van der Waals surface area (Å²) in [6.07, 6.45) is 14.9. The van der Waals surface area contributed by atoms with Gasteiger partial charge in [0.2, 0.25) is 0 Å². The highest BCUT2D eigenvalue weighted by molar-refractivity contribution is 6.20. The second-order valence-electron chi connectivity index (χ2n) is 6.80. The summed E-state index contributed by atoms with van der Waals surface area (Å²) in [7, 11) is 0. The van der Waals surface area contributed by atoms with Gasteiger partial charge in [-0.25, -0.2) is 0 Å². The minimum atomic E-state index is 0.227. The van der Waals surface area contributed by atoms with Gasteiger partial charge in [-0.3, -0.25) is 0 Å². The molecule has 2 aliphatic rings. The number of benzene rings is 1. The predicted molar refractivity (Wildman–Crippen MR) is 87.5 cm³/mol. The Morgan fingerprint density at radius 2 is 1.60 bits per heavy atom. The summed E-state index contributed by atoms with van der Waals surface area (Å²) in [5.74, 6) is 0.857. The van der Waals surface area contributed by atoms with Crippen molar-refractivity contribution in [2.24, 2.45) is 5.92 Å². The maximum Gasteiger partial charge on any atom is 0.0588 e. The van der Waals surface area contributed by atoms with Gasteiger partial charge in [-0.05, 0) is 54.7 Å². The van der Waals surface area contributed by atoms with Crippen LogP contribution in [0.4, 0.5) is 0 Å². The van der Waals surface area contributed by atoms with Gasteiger partial charge in [0.25, 0.3) is 0 Å². The van der Waals surface area contributed by atoms with E-state index in [4.69, 9.17) is 11.6 Å². The summed E-state index contributed by atoms with van der Waals surface area (Å²) in [6, 6.07) is 7.04. The summed E-state index contributed by atoms with van der Waals surface area (Å²) < 4.78 is 0. The van der Waals surface area contributed by atoms with E-state index in [2.05, 4.69) is 18.2 Å². The third kappa shape index (κ3) is 3.58. The highest BCUT2D eigenvalue weighted by Gasteiger charge is 2.19. The van der Waals surface area contributed by atoms with Crippen molar-refractivity contribution in [3.05, 3.63) is 34.9 Å². The normalized spacial score (nSPS) is 22.1. The first-order valence-electron chi connectivity index (χ1n) is 8.59. The van der Waals surface area contributed by atoms with E-state index in [1.165, 1.54) is 76.2 Å². The molecule has 20 heavy (non-hydrogen) atoms. The van der Waals surface area contributed by atoms with E-state index in [0.29, 0.717) is 0 Å². The Kier molecular flexibility index (Phi) is 5.04. The van der Waals surface area contributed by atoms with Gasteiger partial charge in [0, 0.05) is 0 Å². The van der Waals surface area contributed by atoms with Crippen molar-refractivity contribution in [1.82, 2.24) is 0 Å². The number of fused-ring (bicyclic) bond motifs is 1. The summed E-state index contributed by atoms with van der Waals surface area (Å²) >= 11 is 6.74. The van der Waals surface area contributed by atoms with E-state index in [1.807, 2.05) is 0 Å². The van der Waals surface area contributed by atoms with E-state index < -0.39 is 0 Å². The molecule has 0 aromatic heterocycles. The SMILES string of the molecule is ClC(CC1CCCCCC1)c1ccc2c(c1)CCCC2. The molecule has 0 radical (unpaired) electrons. The molecule has 1 aromatic rings. The van der Waals surface area contributed by atoms with Crippen LogP contribution in [0.1, 0.15) is 79.9 Å². The lowest BCUT2D eigenvalue weighted by Gasteiger charge is -2.21. The maximum atomic E-state index is 6.74. The molecule has 3 rings (SSSR count). The Bertz CT molecular complexity index is 429. The number of halogens is 1. The third-order valence-electron chi connectivity index (χ3n) is 5.25. The molecular weight excluding hydrogens is 264 g/mol. The van der Waals surface area contributed by atoms with E-state index in [1.54, 1.807) is 11.1 Å². The quantitative estimate of drug-likeness (QED) is 0.459. The molecule has 1 atom stereocenters. The first kappa shape index (κ1) is 14.4. The average Bonchev–Trinajstić information content (AvgIpc) is 2.75. The minimum absolute atomic E-state index is 0.227. The monoisotopic (exact) mass is 290 g/mol. The van der Waals surface area contributed by atoms with E-state index in [-0.39, 0.29) is 5.38 Å². The Morgan fingerprint density at radius 3 is 2.35 bits per heavy atom. The van der Waals surface area contributed by atoms with Crippen molar-refractivity contribution in [3.63, 3.8) is 0 Å². The fraction of sp³-hybridized carbons (Fsp3) is 0.684. The van der Waals surface area contributed by atoms with Crippen LogP contribution in [0.15, 0.2) is 18.2 Å². The van der Waals surface area contributed by atoms with Crippen LogP contribution in [0.5, 0.6) is 0 Å². The minimum Gasteiger partial charge on any atom is -0.118 e. The summed E-state index contributed by atoms with van der Waals surface area (Å²) in [6.45, 7) is 0. The van der Waals surface area contributed by atoms with E-state index in [9.17, 15) is 0 Å². The lowest BCUT2D eigenvalue weighted by atomic mass is 9.88. The lowest BCUT2D eigenvalue weighted by Crippen LogP contribution is -2.06. The number of alkyl halides is 1. The molecule has 1 unspecified atom stereocenters. The van der Waals surface area contributed by atoms with Gasteiger partial charge in [0.1, 0.15) is 0 Å². The van der Waals surface area contributed by atoms with Gasteiger partial charge in [-0.2, -0.15) is 0 Å². The zero-order valence-corrected chi connectivity index (χ0v) is 13.3. The molecule has 0 aliphatic heterocycles. The van der Waals surface area contributed by atoms with Crippen molar-refractivity contribution < 1.29 is 0 Å². The van der Waals surface area contributed by atoms with Crippen molar-refractivity contribution >= 4 is 11.6 Å². The fourth-order valence-corrected chi connectivity index (χ4v) is 4.36. The highest BCUT2D eigenvalue weighted by atomic mass is 35.5. The Balaban J connectivity index is 1.65. The fourth-order valence-electron chi connectivity index (χ4n) is 3.98. The van der Waals surface area contributed by atoms with Crippen molar-refractivity contribution in [1.29, 1.82) is 0 Å². The molecule has 1 heteroatoms. The van der Waals surface area contributed by atoms with Crippen LogP contribution in [-0.4, -0.2) is 0 Å². The number of aryl methyl sites for hydroxylation is 2. The smallest absolute Gasteiger partial charge is 0.0588 e. The molecule has 0 nitrogen and oxygen atoms in total. The van der Waals surface area contributed by atoms with Crippen LogP contribution >= 0.6 is 11.6 Å². The van der Waals surface area contributed by atoms with E-state index >= 15 is 0 Å². The van der Waals surface area contributed by atoms with Gasteiger partial charge < -0.3 is 0 Å². The molecule has 0 spiro atoms. The van der Waals surface area contributed by atoms with Crippen LogP contribution in [0.25, 0.3) is 0 Å². The predicted octanol–water partition coefficient (Wildman–Crippen LogP) is 6.21. The van der Waals surface area contributed by atoms with Gasteiger partial charge >= 0.3 is 0 Å². The van der Waals surface area contributed by atoms with Crippen LogP contribution in [0.2, 0.25) is 0 Å². The van der Waals surface area contributed by atoms with Crippen molar-refractivity contribution in [3.8, 4) is 0 Å². The lowest BCUT2D eigenvalue weighted by molar-refractivity contribution is 0.423. The molecule has 0 N–H and O–H groups in total. The van der Waals surface area contributed by atoms with Crippen molar-refractivity contribution in [2.75, 3.05) is 0 Å². The second kappa shape index (κ2) is 6.98. The second-order valence-corrected chi connectivity index (χ2v) is 7.32. The first-order chi connectivity index (χ1) is 9.83. The Hall–Kier alpha value is -0.490. The van der Waals surface area contributed by atoms with Crippen LogP contribution in [0, 0.1) is 5.92 Å². The van der Waals surface area contributed by atoms with Crippen molar-refractivity contribution in [2.45, 2.75) is 76.0 Å². The molecule has 0 amide bonds. The summed E-state index contributed by atoms with van der Waals surface area (Å²) in [5, 5.41) is 0.227. The zero-order chi connectivity index (χ0) is 13.8. The number of hydrogen-bond acceptors (Lipinski definition) is 0. The van der Waals surface area contributed by atoms with Gasteiger partial charge in [0.15, 0.2) is 0 Å². The Labute approximate surface area is 128 Å². The molecule has 1 saturated carbocycles. The standard InChI is InChI=1S/C19H27Cl/c20-19(13-15-7-3-1-2-4-8-15)18-12-11-16-9-5-6-10-17(16)14-18/h11-12,14-15,19H,1-10,13H2. The van der Waals surface area contributed by atoms with Gasteiger partial charge in [0.05, 0.1) is 5.38 Å². The highest BCUT2D eigenvalue weighted by Crippen LogP contribution is 2.35. The largest absolute Gasteiger partial charge is 0.118 e. The average molecular weight is 291 g/mol. The Morgan fingerprint density at radius 1 is 0.900 bits per heavy atom. The number of hydrogen-bond donors (Lipinski definition) is 0. The third-order valence-corrected chi connectivity index (χ3v) is 5.68. The number of rotatable bonds is 3. The zero-order valence-electron chi connectivity index (χ0n) is 12.5. The molecule has 0 saturated heterocycles. The molecule has 110 valence electrons. The maximum absolute atomic E-state index is 6.74.